The number of anilines is 3. The number of fused-ring (bicyclic) bond motifs is 5. The van der Waals surface area contributed by atoms with Gasteiger partial charge in [0.05, 0.1) is 0 Å². The van der Waals surface area contributed by atoms with E-state index < -0.39 is 0 Å². The Morgan fingerprint density at radius 3 is 1.59 bits per heavy atom. The number of hydrogen-bond donors (Lipinski definition) is 0. The highest BCUT2D eigenvalue weighted by molar-refractivity contribution is 6.11. The summed E-state index contributed by atoms with van der Waals surface area (Å²) < 4.78 is 6.79. The van der Waals surface area contributed by atoms with Crippen molar-refractivity contribution in [2.24, 2.45) is 0 Å². The third-order valence-electron chi connectivity index (χ3n) is 11.5. The highest BCUT2D eigenvalue weighted by Crippen LogP contribution is 2.43. The molecule has 0 amide bonds. The smallest absolute Gasteiger partial charge is 0.143 e. The standard InChI is InChI=1S/C56H37NO/c1-3-14-39(15-4-1)49-26-11-20-42-21-12-27-50(55(42)49)43-22-9-23-45(36-43)57(44-32-30-41(31-33-44)48-25-10-19-38-18-7-8-24-47(38)48)46-34-35-52-53-29-13-28-51(40-16-5-2-6-17-40)56(53)58-54(52)37-46/h1-37H. The van der Waals surface area contributed by atoms with E-state index in [0.717, 1.165) is 55.7 Å². The minimum absolute atomic E-state index is 0.853. The maximum absolute atomic E-state index is 6.79. The molecule has 10 aromatic carbocycles. The van der Waals surface area contributed by atoms with Crippen molar-refractivity contribution in [1.82, 2.24) is 0 Å². The quantitative estimate of drug-likeness (QED) is 0.162. The lowest BCUT2D eigenvalue weighted by Crippen LogP contribution is -2.10. The molecule has 0 aliphatic heterocycles. The van der Waals surface area contributed by atoms with Crippen molar-refractivity contribution < 1.29 is 4.42 Å². The van der Waals surface area contributed by atoms with E-state index in [0.29, 0.717) is 0 Å². The molecule has 11 aromatic rings. The van der Waals surface area contributed by atoms with Crippen LogP contribution in [0.4, 0.5) is 17.1 Å². The Morgan fingerprint density at radius 1 is 0.293 bits per heavy atom. The summed E-state index contributed by atoms with van der Waals surface area (Å²) in [6, 6.07) is 80.5. The van der Waals surface area contributed by atoms with Gasteiger partial charge >= 0.3 is 0 Å². The normalized spacial score (nSPS) is 11.4. The number of furan rings is 1. The summed E-state index contributed by atoms with van der Waals surface area (Å²) in [4.78, 5) is 2.35. The molecule has 0 spiro atoms. The molecule has 1 aromatic heterocycles. The van der Waals surface area contributed by atoms with E-state index in [1.807, 2.05) is 0 Å². The second-order valence-corrected chi connectivity index (χ2v) is 14.9. The Balaban J connectivity index is 1.08. The van der Waals surface area contributed by atoms with Gasteiger partial charge in [-0.1, -0.05) is 182 Å². The largest absolute Gasteiger partial charge is 0.455 e. The first kappa shape index (κ1) is 33.6. The van der Waals surface area contributed by atoms with Crippen molar-refractivity contribution in [3.05, 3.63) is 224 Å². The molecular weight excluding hydrogens is 703 g/mol. The summed E-state index contributed by atoms with van der Waals surface area (Å²) in [7, 11) is 0. The lowest BCUT2D eigenvalue weighted by molar-refractivity contribution is 0.670. The zero-order chi connectivity index (χ0) is 38.4. The van der Waals surface area contributed by atoms with Gasteiger partial charge in [0, 0.05) is 39.5 Å². The zero-order valence-corrected chi connectivity index (χ0v) is 31.7. The van der Waals surface area contributed by atoms with Crippen LogP contribution in [0, 0.1) is 0 Å². The third-order valence-corrected chi connectivity index (χ3v) is 11.5. The average molecular weight is 740 g/mol. The van der Waals surface area contributed by atoms with E-state index in [-0.39, 0.29) is 0 Å². The fourth-order valence-electron chi connectivity index (χ4n) is 8.74. The van der Waals surface area contributed by atoms with Crippen molar-refractivity contribution in [3.63, 3.8) is 0 Å². The Labute approximate surface area is 337 Å². The van der Waals surface area contributed by atoms with Gasteiger partial charge in [-0.15, -0.1) is 0 Å². The number of nitrogens with zero attached hydrogens (tertiary/aromatic N) is 1. The molecule has 272 valence electrons. The first-order valence-corrected chi connectivity index (χ1v) is 19.8. The molecule has 2 heteroatoms. The molecule has 2 nitrogen and oxygen atoms in total. The molecule has 0 atom stereocenters. The Bertz CT molecular complexity index is 3260. The molecule has 0 fully saturated rings. The molecular formula is C56H37NO. The first-order valence-electron chi connectivity index (χ1n) is 19.8. The van der Waals surface area contributed by atoms with Gasteiger partial charge in [-0.2, -0.15) is 0 Å². The summed E-state index contributed by atoms with van der Waals surface area (Å²) in [5.41, 5.74) is 14.3. The van der Waals surface area contributed by atoms with E-state index in [9.17, 15) is 0 Å². The van der Waals surface area contributed by atoms with E-state index in [4.69, 9.17) is 4.42 Å². The van der Waals surface area contributed by atoms with Crippen LogP contribution in [0.15, 0.2) is 229 Å². The topological polar surface area (TPSA) is 16.4 Å². The van der Waals surface area contributed by atoms with E-state index in [2.05, 4.69) is 229 Å². The van der Waals surface area contributed by atoms with E-state index >= 15 is 0 Å². The number of rotatable bonds is 7. The average Bonchev–Trinajstić information content (AvgIpc) is 3.68. The van der Waals surface area contributed by atoms with Gasteiger partial charge in [-0.25, -0.2) is 0 Å². The molecule has 0 radical (unpaired) electrons. The fourth-order valence-corrected chi connectivity index (χ4v) is 8.74. The minimum atomic E-state index is 0.853. The van der Waals surface area contributed by atoms with Crippen molar-refractivity contribution in [2.75, 3.05) is 4.90 Å². The molecule has 0 saturated carbocycles. The molecule has 1 heterocycles. The van der Waals surface area contributed by atoms with Crippen molar-refractivity contribution in [1.29, 1.82) is 0 Å². The van der Waals surface area contributed by atoms with Crippen LogP contribution in [0.1, 0.15) is 0 Å². The maximum Gasteiger partial charge on any atom is 0.143 e. The predicted molar refractivity (Wildman–Crippen MR) is 245 cm³/mol. The summed E-state index contributed by atoms with van der Waals surface area (Å²) in [5.74, 6) is 0. The Morgan fingerprint density at radius 2 is 0.810 bits per heavy atom. The predicted octanol–water partition coefficient (Wildman–Crippen LogP) is 16.0. The summed E-state index contributed by atoms with van der Waals surface area (Å²) in [5, 5.41) is 7.16. The van der Waals surface area contributed by atoms with Gasteiger partial charge in [-0.05, 0) is 96.9 Å². The summed E-state index contributed by atoms with van der Waals surface area (Å²) in [6.45, 7) is 0. The Hall–Kier alpha value is -7.68. The van der Waals surface area contributed by atoms with Gasteiger partial charge in [0.1, 0.15) is 11.2 Å². The molecule has 0 aliphatic rings. The van der Waals surface area contributed by atoms with Crippen LogP contribution in [0.5, 0.6) is 0 Å². The number of para-hydroxylation sites is 1. The SMILES string of the molecule is c1ccc(-c2cccc3c2oc2cc(N(c4ccc(-c5cccc6ccccc56)cc4)c4cccc(-c5cccc6cccc(-c7ccccc7)c56)c4)ccc23)cc1. The second-order valence-electron chi connectivity index (χ2n) is 14.9. The van der Waals surface area contributed by atoms with Gasteiger partial charge < -0.3 is 9.32 Å². The first-order chi connectivity index (χ1) is 28.8. The molecule has 0 N–H and O–H groups in total. The maximum atomic E-state index is 6.79. The van der Waals surface area contributed by atoms with Crippen molar-refractivity contribution in [2.45, 2.75) is 0 Å². The van der Waals surface area contributed by atoms with Crippen LogP contribution in [0.2, 0.25) is 0 Å². The number of benzene rings is 10. The van der Waals surface area contributed by atoms with Gasteiger partial charge in [0.25, 0.3) is 0 Å². The molecule has 58 heavy (non-hydrogen) atoms. The van der Waals surface area contributed by atoms with E-state index in [1.54, 1.807) is 0 Å². The van der Waals surface area contributed by atoms with E-state index in [1.165, 1.54) is 49.4 Å². The second kappa shape index (κ2) is 14.1. The highest BCUT2D eigenvalue weighted by atomic mass is 16.3. The van der Waals surface area contributed by atoms with Gasteiger partial charge in [-0.3, -0.25) is 0 Å². The number of hydrogen-bond acceptors (Lipinski definition) is 2. The highest BCUT2D eigenvalue weighted by Gasteiger charge is 2.19. The van der Waals surface area contributed by atoms with Crippen LogP contribution in [-0.2, 0) is 0 Å². The lowest BCUT2D eigenvalue weighted by Gasteiger charge is -2.26. The minimum Gasteiger partial charge on any atom is -0.455 e. The van der Waals surface area contributed by atoms with Crippen LogP contribution in [0.3, 0.4) is 0 Å². The van der Waals surface area contributed by atoms with Gasteiger partial charge in [0.2, 0.25) is 0 Å². The molecule has 0 bridgehead atoms. The third kappa shape index (κ3) is 5.82. The molecule has 11 rings (SSSR count). The van der Waals surface area contributed by atoms with Crippen LogP contribution < -0.4 is 4.90 Å². The van der Waals surface area contributed by atoms with Crippen LogP contribution >= 0.6 is 0 Å². The summed E-state index contributed by atoms with van der Waals surface area (Å²) in [6.07, 6.45) is 0. The van der Waals surface area contributed by atoms with Crippen molar-refractivity contribution >= 4 is 60.5 Å². The Kier molecular flexibility index (Phi) is 8.19. The lowest BCUT2D eigenvalue weighted by atomic mass is 9.91. The fraction of sp³-hybridized carbons (Fsp3) is 0. The van der Waals surface area contributed by atoms with Gasteiger partial charge in [0.15, 0.2) is 0 Å². The molecule has 0 unspecified atom stereocenters. The van der Waals surface area contributed by atoms with Crippen LogP contribution in [-0.4, -0.2) is 0 Å². The molecule has 0 saturated heterocycles. The van der Waals surface area contributed by atoms with Crippen molar-refractivity contribution in [3.8, 4) is 44.5 Å². The van der Waals surface area contributed by atoms with Crippen LogP contribution in [0.25, 0.3) is 88.0 Å². The summed E-state index contributed by atoms with van der Waals surface area (Å²) >= 11 is 0. The zero-order valence-electron chi connectivity index (χ0n) is 31.7. The monoisotopic (exact) mass is 739 g/mol. The molecule has 0 aliphatic carbocycles.